The average molecular weight is 327 g/mol. The first kappa shape index (κ1) is 17.5. The van der Waals surface area contributed by atoms with Gasteiger partial charge in [0.15, 0.2) is 6.61 Å². The monoisotopic (exact) mass is 327 g/mol. The van der Waals surface area contributed by atoms with Crippen LogP contribution < -0.4 is 10.1 Å². The summed E-state index contributed by atoms with van der Waals surface area (Å²) < 4.78 is 5.13. The van der Waals surface area contributed by atoms with Gasteiger partial charge in [-0.25, -0.2) is 4.79 Å². The standard InChI is InChI=1S/C19H21NO4/c1-13-6-7-14(2)16(8-13)10-18(21)20-11-15-4-3-5-17(9-15)24-12-19(22)23/h3-9H,10-12H2,1-2H3,(H,20,21)(H,22,23). The number of carboxylic acid groups (broad SMARTS) is 1. The normalized spacial score (nSPS) is 10.2. The lowest BCUT2D eigenvalue weighted by Gasteiger charge is -2.10. The molecule has 2 N–H and O–H groups in total. The van der Waals surface area contributed by atoms with Crippen molar-refractivity contribution >= 4 is 11.9 Å². The molecule has 0 saturated carbocycles. The van der Waals surface area contributed by atoms with Crippen LogP contribution in [0.15, 0.2) is 42.5 Å². The van der Waals surface area contributed by atoms with Gasteiger partial charge in [0, 0.05) is 6.54 Å². The van der Waals surface area contributed by atoms with Crippen LogP contribution in [-0.2, 0) is 22.6 Å². The van der Waals surface area contributed by atoms with Crippen LogP contribution in [0.3, 0.4) is 0 Å². The number of amides is 1. The van der Waals surface area contributed by atoms with Gasteiger partial charge in [0.05, 0.1) is 6.42 Å². The molecular weight excluding hydrogens is 306 g/mol. The van der Waals surface area contributed by atoms with Crippen LogP contribution in [0.2, 0.25) is 0 Å². The molecule has 0 aliphatic rings. The molecule has 0 atom stereocenters. The number of ether oxygens (including phenoxy) is 1. The van der Waals surface area contributed by atoms with E-state index in [1.54, 1.807) is 18.2 Å². The molecule has 0 radical (unpaired) electrons. The number of hydrogen-bond donors (Lipinski definition) is 2. The van der Waals surface area contributed by atoms with Crippen molar-refractivity contribution in [3.8, 4) is 5.75 Å². The predicted molar refractivity (Wildman–Crippen MR) is 91.0 cm³/mol. The largest absolute Gasteiger partial charge is 0.482 e. The SMILES string of the molecule is Cc1ccc(C)c(CC(=O)NCc2cccc(OCC(=O)O)c2)c1. The number of carboxylic acids is 1. The molecule has 1 amide bonds. The second kappa shape index (κ2) is 8.15. The van der Waals surface area contributed by atoms with Gasteiger partial charge in [-0.05, 0) is 42.7 Å². The summed E-state index contributed by atoms with van der Waals surface area (Å²) in [5.41, 5.74) is 4.10. The fourth-order valence-electron chi connectivity index (χ4n) is 2.32. The molecule has 0 saturated heterocycles. The van der Waals surface area contributed by atoms with Gasteiger partial charge in [-0.1, -0.05) is 35.9 Å². The van der Waals surface area contributed by atoms with Gasteiger partial charge in [-0.15, -0.1) is 0 Å². The minimum Gasteiger partial charge on any atom is -0.482 e. The highest BCUT2D eigenvalue weighted by atomic mass is 16.5. The maximum Gasteiger partial charge on any atom is 0.341 e. The molecule has 0 unspecified atom stereocenters. The number of aryl methyl sites for hydroxylation is 2. The zero-order valence-corrected chi connectivity index (χ0v) is 13.8. The van der Waals surface area contributed by atoms with Crippen LogP contribution in [0.25, 0.3) is 0 Å². The topological polar surface area (TPSA) is 75.6 Å². The molecule has 0 heterocycles. The molecule has 0 aliphatic heterocycles. The average Bonchev–Trinajstić information content (AvgIpc) is 2.55. The van der Waals surface area contributed by atoms with Crippen LogP contribution >= 0.6 is 0 Å². The summed E-state index contributed by atoms with van der Waals surface area (Å²) in [6, 6.07) is 13.1. The summed E-state index contributed by atoms with van der Waals surface area (Å²) in [5.74, 6) is -0.610. The fourth-order valence-corrected chi connectivity index (χ4v) is 2.32. The Kier molecular flexibility index (Phi) is 5.95. The molecule has 0 aromatic heterocycles. The van der Waals surface area contributed by atoms with Crippen LogP contribution in [-0.4, -0.2) is 23.6 Å². The minimum absolute atomic E-state index is 0.0550. The van der Waals surface area contributed by atoms with Gasteiger partial charge in [0.1, 0.15) is 5.75 Å². The van der Waals surface area contributed by atoms with Crippen molar-refractivity contribution in [3.63, 3.8) is 0 Å². The molecule has 0 aliphatic carbocycles. The van der Waals surface area contributed by atoms with Gasteiger partial charge in [0.25, 0.3) is 0 Å². The molecule has 0 bridgehead atoms. The molecule has 0 fully saturated rings. The number of rotatable bonds is 7. The molecule has 2 rings (SSSR count). The van der Waals surface area contributed by atoms with Crippen LogP contribution in [0, 0.1) is 13.8 Å². The summed E-state index contributed by atoms with van der Waals surface area (Å²) in [6.45, 7) is 3.98. The lowest BCUT2D eigenvalue weighted by Crippen LogP contribution is -2.24. The first-order valence-corrected chi connectivity index (χ1v) is 7.70. The zero-order valence-electron chi connectivity index (χ0n) is 13.8. The number of hydrogen-bond acceptors (Lipinski definition) is 3. The van der Waals surface area contributed by atoms with Gasteiger partial charge in [0.2, 0.25) is 5.91 Å². The number of carbonyl (C=O) groups is 2. The molecule has 126 valence electrons. The molecule has 0 spiro atoms. The van der Waals surface area contributed by atoms with Crippen LogP contribution in [0.5, 0.6) is 5.75 Å². The van der Waals surface area contributed by atoms with Gasteiger partial charge in [-0.3, -0.25) is 4.79 Å². The Morgan fingerprint density at radius 1 is 1.12 bits per heavy atom. The Hall–Kier alpha value is -2.82. The van der Waals surface area contributed by atoms with Crippen molar-refractivity contribution in [2.45, 2.75) is 26.8 Å². The van der Waals surface area contributed by atoms with Gasteiger partial charge < -0.3 is 15.2 Å². The highest BCUT2D eigenvalue weighted by molar-refractivity contribution is 5.79. The van der Waals surface area contributed by atoms with E-state index in [9.17, 15) is 9.59 Å². The van der Waals surface area contributed by atoms with E-state index in [-0.39, 0.29) is 12.5 Å². The summed E-state index contributed by atoms with van der Waals surface area (Å²) in [5, 5.41) is 11.5. The van der Waals surface area contributed by atoms with E-state index in [2.05, 4.69) is 5.32 Å². The minimum atomic E-state index is -1.03. The van der Waals surface area contributed by atoms with E-state index in [1.165, 1.54) is 0 Å². The Balaban J connectivity index is 1.90. The van der Waals surface area contributed by atoms with Crippen molar-refractivity contribution in [2.24, 2.45) is 0 Å². The summed E-state index contributed by atoms with van der Waals surface area (Å²) in [6.07, 6.45) is 0.336. The zero-order chi connectivity index (χ0) is 17.5. The summed E-state index contributed by atoms with van der Waals surface area (Å²) in [4.78, 5) is 22.6. The first-order chi connectivity index (χ1) is 11.4. The van der Waals surface area contributed by atoms with Crippen molar-refractivity contribution in [1.82, 2.24) is 5.32 Å². The molecule has 5 heteroatoms. The lowest BCUT2D eigenvalue weighted by molar-refractivity contribution is -0.139. The van der Waals surface area contributed by atoms with Crippen LogP contribution in [0.1, 0.15) is 22.3 Å². The highest BCUT2D eigenvalue weighted by Crippen LogP contribution is 2.14. The number of benzene rings is 2. The molecule has 2 aromatic rings. The van der Waals surface area contributed by atoms with Gasteiger partial charge >= 0.3 is 5.97 Å². The Bertz CT molecular complexity index is 740. The fraction of sp³-hybridized carbons (Fsp3) is 0.263. The predicted octanol–water partition coefficient (Wildman–Crippen LogP) is 2.63. The quantitative estimate of drug-likeness (QED) is 0.820. The number of nitrogens with one attached hydrogen (secondary N) is 1. The highest BCUT2D eigenvalue weighted by Gasteiger charge is 2.07. The Labute approximate surface area is 141 Å². The van der Waals surface area contributed by atoms with Crippen molar-refractivity contribution < 1.29 is 19.4 Å². The number of aliphatic carboxylic acids is 1. The molecule has 5 nitrogen and oxygen atoms in total. The Morgan fingerprint density at radius 2 is 1.92 bits per heavy atom. The smallest absolute Gasteiger partial charge is 0.341 e. The summed E-state index contributed by atoms with van der Waals surface area (Å²) in [7, 11) is 0. The third-order valence-electron chi connectivity index (χ3n) is 3.61. The maximum absolute atomic E-state index is 12.1. The second-order valence-electron chi connectivity index (χ2n) is 5.71. The van der Waals surface area contributed by atoms with E-state index < -0.39 is 5.97 Å². The van der Waals surface area contributed by atoms with Gasteiger partial charge in [-0.2, -0.15) is 0 Å². The molecular formula is C19H21NO4. The third kappa shape index (κ3) is 5.43. The molecule has 2 aromatic carbocycles. The number of carbonyl (C=O) groups excluding carboxylic acids is 1. The maximum atomic E-state index is 12.1. The van der Waals surface area contributed by atoms with Crippen molar-refractivity contribution in [2.75, 3.05) is 6.61 Å². The van der Waals surface area contributed by atoms with E-state index in [0.29, 0.717) is 18.7 Å². The van der Waals surface area contributed by atoms with Crippen molar-refractivity contribution in [1.29, 1.82) is 0 Å². The van der Waals surface area contributed by atoms with E-state index in [1.807, 2.05) is 38.1 Å². The summed E-state index contributed by atoms with van der Waals surface area (Å²) >= 11 is 0. The molecule has 24 heavy (non-hydrogen) atoms. The van der Waals surface area contributed by atoms with E-state index >= 15 is 0 Å². The Morgan fingerprint density at radius 3 is 2.67 bits per heavy atom. The van der Waals surface area contributed by atoms with Crippen molar-refractivity contribution in [3.05, 3.63) is 64.7 Å². The first-order valence-electron chi connectivity index (χ1n) is 7.70. The van der Waals surface area contributed by atoms with Crippen LogP contribution in [0.4, 0.5) is 0 Å². The van der Waals surface area contributed by atoms with E-state index in [4.69, 9.17) is 9.84 Å². The second-order valence-corrected chi connectivity index (χ2v) is 5.71. The lowest BCUT2D eigenvalue weighted by atomic mass is 10.0. The third-order valence-corrected chi connectivity index (χ3v) is 3.61. The van der Waals surface area contributed by atoms with E-state index in [0.717, 1.165) is 22.3 Å².